The van der Waals surface area contributed by atoms with Crippen LogP contribution in [0.1, 0.15) is 6.92 Å². The Hall–Kier alpha value is -3.83. The first kappa shape index (κ1) is 22.8. The molecule has 1 unspecified atom stereocenters. The molecule has 0 spiro atoms. The lowest BCUT2D eigenvalue weighted by molar-refractivity contribution is -0.384. The highest BCUT2D eigenvalue weighted by Crippen LogP contribution is 2.19. The molecular formula is C21H19N3O7S. The van der Waals surface area contributed by atoms with Gasteiger partial charge >= 0.3 is 5.97 Å². The Labute approximate surface area is 183 Å². The normalized spacial score (nSPS) is 12.2. The van der Waals surface area contributed by atoms with E-state index in [4.69, 9.17) is 4.74 Å². The van der Waals surface area contributed by atoms with E-state index in [9.17, 15) is 28.1 Å². The second-order valence-electron chi connectivity index (χ2n) is 6.76. The van der Waals surface area contributed by atoms with Crippen LogP contribution in [0.4, 0.5) is 11.4 Å². The number of nitrogens with one attached hydrogen (secondary N) is 2. The molecule has 166 valence electrons. The summed E-state index contributed by atoms with van der Waals surface area (Å²) in [6.45, 7) is 0.617. The van der Waals surface area contributed by atoms with Gasteiger partial charge in [0.1, 0.15) is 6.54 Å². The summed E-state index contributed by atoms with van der Waals surface area (Å²) < 4.78 is 32.0. The third-order valence-electron chi connectivity index (χ3n) is 4.44. The number of nitro benzene ring substituents is 1. The van der Waals surface area contributed by atoms with Crippen LogP contribution >= 0.6 is 0 Å². The lowest BCUT2D eigenvalue weighted by Gasteiger charge is -2.14. The Kier molecular flexibility index (Phi) is 6.81. The minimum Gasteiger partial charge on any atom is -0.452 e. The third-order valence-corrected chi connectivity index (χ3v) is 5.84. The molecule has 3 aromatic rings. The van der Waals surface area contributed by atoms with E-state index < -0.39 is 39.5 Å². The van der Waals surface area contributed by atoms with Crippen LogP contribution < -0.4 is 10.0 Å². The van der Waals surface area contributed by atoms with Gasteiger partial charge in [0, 0.05) is 17.8 Å². The molecule has 0 aliphatic heterocycles. The summed E-state index contributed by atoms with van der Waals surface area (Å²) in [5, 5.41) is 14.8. The lowest BCUT2D eigenvalue weighted by atomic mass is 10.1. The number of benzene rings is 3. The van der Waals surface area contributed by atoms with Gasteiger partial charge < -0.3 is 10.1 Å². The molecule has 11 heteroatoms. The number of amides is 1. The minimum atomic E-state index is -3.98. The maximum Gasteiger partial charge on any atom is 0.321 e. The molecule has 0 saturated heterocycles. The predicted molar refractivity (Wildman–Crippen MR) is 116 cm³/mol. The second-order valence-corrected chi connectivity index (χ2v) is 8.53. The van der Waals surface area contributed by atoms with Crippen molar-refractivity contribution in [2.24, 2.45) is 0 Å². The van der Waals surface area contributed by atoms with Crippen molar-refractivity contribution in [2.45, 2.75) is 17.9 Å². The summed E-state index contributed by atoms with van der Waals surface area (Å²) in [5.41, 5.74) is -0.0559. The average Bonchev–Trinajstić information content (AvgIpc) is 2.77. The number of esters is 1. The highest BCUT2D eigenvalue weighted by Gasteiger charge is 2.21. The average molecular weight is 457 g/mol. The Morgan fingerprint density at radius 1 is 1.03 bits per heavy atom. The number of sulfonamides is 1. The summed E-state index contributed by atoms with van der Waals surface area (Å²) in [6.07, 6.45) is -1.26. The molecule has 10 nitrogen and oxygen atoms in total. The van der Waals surface area contributed by atoms with Crippen LogP contribution in [0, 0.1) is 10.1 Å². The molecule has 0 aliphatic carbocycles. The van der Waals surface area contributed by atoms with Crippen LogP contribution in [0.15, 0.2) is 71.6 Å². The van der Waals surface area contributed by atoms with Crippen molar-refractivity contribution in [2.75, 3.05) is 11.9 Å². The van der Waals surface area contributed by atoms with Crippen molar-refractivity contribution in [3.63, 3.8) is 0 Å². The van der Waals surface area contributed by atoms with Gasteiger partial charge in [0.2, 0.25) is 10.0 Å². The van der Waals surface area contributed by atoms with E-state index in [0.29, 0.717) is 0 Å². The third kappa shape index (κ3) is 5.65. The summed E-state index contributed by atoms with van der Waals surface area (Å²) in [4.78, 5) is 34.4. The second kappa shape index (κ2) is 9.54. The summed E-state index contributed by atoms with van der Waals surface area (Å²) >= 11 is 0. The maximum atomic E-state index is 12.5. The highest BCUT2D eigenvalue weighted by atomic mass is 32.2. The summed E-state index contributed by atoms with van der Waals surface area (Å²) in [6, 6.07) is 17.0. The molecule has 1 atom stereocenters. The van der Waals surface area contributed by atoms with Gasteiger partial charge in [-0.05, 0) is 35.9 Å². The summed E-state index contributed by atoms with van der Waals surface area (Å²) in [7, 11) is -3.98. The Morgan fingerprint density at radius 3 is 2.47 bits per heavy atom. The van der Waals surface area contributed by atoms with Crippen LogP contribution in [0.5, 0.6) is 0 Å². The van der Waals surface area contributed by atoms with Crippen molar-refractivity contribution in [3.05, 3.63) is 76.8 Å². The van der Waals surface area contributed by atoms with Crippen LogP contribution in [-0.4, -0.2) is 37.9 Å². The minimum absolute atomic E-state index is 0.0135. The van der Waals surface area contributed by atoms with E-state index in [-0.39, 0.29) is 16.3 Å². The monoisotopic (exact) mass is 457 g/mol. The fourth-order valence-corrected chi connectivity index (χ4v) is 3.81. The number of hydrogen-bond acceptors (Lipinski definition) is 7. The number of fused-ring (bicyclic) bond motifs is 1. The molecule has 0 fully saturated rings. The number of ether oxygens (including phenoxy) is 1. The first-order chi connectivity index (χ1) is 15.2. The number of non-ortho nitro benzene ring substituents is 1. The molecule has 0 aliphatic rings. The fourth-order valence-electron chi connectivity index (χ4n) is 2.81. The number of rotatable bonds is 8. The number of anilines is 1. The van der Waals surface area contributed by atoms with Gasteiger partial charge in [0.25, 0.3) is 11.6 Å². The van der Waals surface area contributed by atoms with Gasteiger partial charge in [-0.2, -0.15) is 4.72 Å². The van der Waals surface area contributed by atoms with Crippen molar-refractivity contribution < 1.29 is 27.7 Å². The van der Waals surface area contributed by atoms with Gasteiger partial charge in [0.15, 0.2) is 6.10 Å². The number of nitrogens with zero attached hydrogens (tertiary/aromatic N) is 1. The van der Waals surface area contributed by atoms with Crippen LogP contribution in [-0.2, 0) is 24.3 Å². The number of nitro groups is 1. The molecule has 2 N–H and O–H groups in total. The van der Waals surface area contributed by atoms with E-state index in [0.717, 1.165) is 16.8 Å². The highest BCUT2D eigenvalue weighted by molar-refractivity contribution is 7.89. The quantitative estimate of drug-likeness (QED) is 0.300. The zero-order valence-corrected chi connectivity index (χ0v) is 17.7. The molecule has 0 heterocycles. The molecule has 3 aromatic carbocycles. The molecule has 32 heavy (non-hydrogen) atoms. The predicted octanol–water partition coefficient (Wildman–Crippen LogP) is 2.60. The topological polar surface area (TPSA) is 145 Å². The van der Waals surface area contributed by atoms with Crippen LogP contribution in [0.3, 0.4) is 0 Å². The van der Waals surface area contributed by atoms with E-state index in [1.54, 1.807) is 18.2 Å². The van der Waals surface area contributed by atoms with Gasteiger partial charge in [-0.3, -0.25) is 19.7 Å². The van der Waals surface area contributed by atoms with Crippen molar-refractivity contribution in [1.82, 2.24) is 4.72 Å². The lowest BCUT2D eigenvalue weighted by Crippen LogP contribution is -2.35. The molecule has 0 saturated carbocycles. The first-order valence-corrected chi connectivity index (χ1v) is 10.9. The van der Waals surface area contributed by atoms with Gasteiger partial charge in [-0.1, -0.05) is 36.4 Å². The zero-order valence-electron chi connectivity index (χ0n) is 16.8. The fraction of sp³-hybridized carbons (Fsp3) is 0.143. The van der Waals surface area contributed by atoms with Crippen molar-refractivity contribution in [1.29, 1.82) is 0 Å². The number of carbonyl (C=O) groups is 2. The van der Waals surface area contributed by atoms with Gasteiger partial charge in [-0.25, -0.2) is 8.42 Å². The van der Waals surface area contributed by atoms with Crippen molar-refractivity contribution in [3.8, 4) is 0 Å². The molecule has 0 aromatic heterocycles. The smallest absolute Gasteiger partial charge is 0.321 e. The molecular weight excluding hydrogens is 438 g/mol. The molecule has 1 amide bonds. The molecule has 3 rings (SSSR count). The Bertz CT molecular complexity index is 1290. The zero-order chi connectivity index (χ0) is 23.3. The Balaban J connectivity index is 1.56. The first-order valence-electron chi connectivity index (χ1n) is 9.39. The summed E-state index contributed by atoms with van der Waals surface area (Å²) in [5.74, 6) is -1.69. The van der Waals surface area contributed by atoms with E-state index >= 15 is 0 Å². The standard InChI is InChI=1S/C21H19N3O7S/c1-14(21(26)23-17-7-4-8-18(12-17)24(27)28)31-20(25)13-22-32(29,30)19-10-9-15-5-2-3-6-16(15)11-19/h2-12,14,22H,13H2,1H3,(H,23,26). The van der Waals surface area contributed by atoms with E-state index in [1.165, 1.54) is 37.3 Å². The van der Waals surface area contributed by atoms with Gasteiger partial charge in [0.05, 0.1) is 9.82 Å². The van der Waals surface area contributed by atoms with Crippen LogP contribution in [0.2, 0.25) is 0 Å². The van der Waals surface area contributed by atoms with Crippen LogP contribution in [0.25, 0.3) is 10.8 Å². The molecule has 0 bridgehead atoms. The van der Waals surface area contributed by atoms with Crippen molar-refractivity contribution >= 4 is 44.0 Å². The largest absolute Gasteiger partial charge is 0.452 e. The SMILES string of the molecule is CC(OC(=O)CNS(=O)(=O)c1ccc2ccccc2c1)C(=O)Nc1cccc([N+](=O)[O-])c1. The van der Waals surface area contributed by atoms with E-state index in [1.807, 2.05) is 12.1 Å². The Morgan fingerprint density at radius 2 is 1.75 bits per heavy atom. The maximum absolute atomic E-state index is 12.5. The van der Waals surface area contributed by atoms with E-state index in [2.05, 4.69) is 10.0 Å². The molecule has 0 radical (unpaired) electrons. The number of hydrogen-bond donors (Lipinski definition) is 2. The number of carbonyl (C=O) groups excluding carboxylic acids is 2. The van der Waals surface area contributed by atoms with Gasteiger partial charge in [-0.15, -0.1) is 0 Å².